The van der Waals surface area contributed by atoms with Crippen LogP contribution in [0.15, 0.2) is 42.5 Å². The number of amides is 1. The third kappa shape index (κ3) is 6.89. The van der Waals surface area contributed by atoms with E-state index < -0.39 is 10.0 Å². The normalized spacial score (nSPS) is 11.1. The molecule has 0 spiro atoms. The molecular formula is C19H22Cl2N2O4S. The van der Waals surface area contributed by atoms with Crippen molar-refractivity contribution in [3.8, 4) is 5.75 Å². The maximum absolute atomic E-state index is 12.1. The van der Waals surface area contributed by atoms with Gasteiger partial charge >= 0.3 is 0 Å². The van der Waals surface area contributed by atoms with E-state index in [1.54, 1.807) is 42.5 Å². The Bertz CT molecular complexity index is 898. The Kier molecular flexibility index (Phi) is 7.98. The molecule has 2 aromatic carbocycles. The predicted molar refractivity (Wildman–Crippen MR) is 114 cm³/mol. The van der Waals surface area contributed by atoms with Gasteiger partial charge in [0.05, 0.1) is 18.6 Å². The van der Waals surface area contributed by atoms with E-state index in [-0.39, 0.29) is 18.9 Å². The third-order valence-electron chi connectivity index (χ3n) is 3.75. The van der Waals surface area contributed by atoms with Crippen molar-refractivity contribution in [3.05, 3.63) is 52.5 Å². The lowest BCUT2D eigenvalue weighted by atomic mass is 10.2. The minimum atomic E-state index is -3.49. The number of carbonyl (C=O) groups is 1. The molecule has 1 N–H and O–H groups in total. The lowest BCUT2D eigenvalue weighted by molar-refractivity contribution is -0.116. The van der Waals surface area contributed by atoms with Crippen molar-refractivity contribution in [3.63, 3.8) is 0 Å². The lowest BCUT2D eigenvalue weighted by Gasteiger charge is -2.22. The first kappa shape index (κ1) is 22.3. The number of rotatable bonds is 9. The summed E-state index contributed by atoms with van der Waals surface area (Å²) in [4.78, 5) is 12.1. The van der Waals surface area contributed by atoms with E-state index in [9.17, 15) is 13.2 Å². The van der Waals surface area contributed by atoms with Gasteiger partial charge in [-0.2, -0.15) is 0 Å². The molecule has 2 rings (SSSR count). The number of sulfonamides is 1. The van der Waals surface area contributed by atoms with E-state index in [2.05, 4.69) is 5.32 Å². The van der Waals surface area contributed by atoms with E-state index in [1.807, 2.05) is 6.92 Å². The van der Waals surface area contributed by atoms with E-state index in [1.165, 1.54) is 4.31 Å². The van der Waals surface area contributed by atoms with Crippen molar-refractivity contribution in [2.75, 3.05) is 29.0 Å². The molecule has 152 valence electrons. The smallest absolute Gasteiger partial charge is 0.232 e. The lowest BCUT2D eigenvalue weighted by Crippen LogP contribution is -2.31. The van der Waals surface area contributed by atoms with Crippen LogP contribution in [-0.2, 0) is 14.8 Å². The molecule has 28 heavy (non-hydrogen) atoms. The topological polar surface area (TPSA) is 75.7 Å². The van der Waals surface area contributed by atoms with Crippen LogP contribution in [0.2, 0.25) is 10.0 Å². The van der Waals surface area contributed by atoms with Gasteiger partial charge in [-0.1, -0.05) is 23.2 Å². The van der Waals surface area contributed by atoms with Crippen molar-refractivity contribution in [1.29, 1.82) is 0 Å². The summed E-state index contributed by atoms with van der Waals surface area (Å²) in [6.45, 7) is 2.58. The van der Waals surface area contributed by atoms with Crippen molar-refractivity contribution < 1.29 is 17.9 Å². The van der Waals surface area contributed by atoms with Crippen LogP contribution in [0.1, 0.15) is 19.8 Å². The molecule has 0 bridgehead atoms. The zero-order valence-electron chi connectivity index (χ0n) is 15.6. The molecule has 0 saturated heterocycles. The minimum absolute atomic E-state index is 0.146. The zero-order valence-corrected chi connectivity index (χ0v) is 17.9. The van der Waals surface area contributed by atoms with Gasteiger partial charge in [-0.3, -0.25) is 9.10 Å². The largest absolute Gasteiger partial charge is 0.494 e. The summed E-state index contributed by atoms with van der Waals surface area (Å²) in [7, 11) is -3.49. The fourth-order valence-corrected chi connectivity index (χ4v) is 4.09. The molecule has 0 radical (unpaired) electrons. The molecule has 0 aliphatic heterocycles. The number of nitrogens with zero attached hydrogens (tertiary/aromatic N) is 1. The highest BCUT2D eigenvalue weighted by Crippen LogP contribution is 2.24. The van der Waals surface area contributed by atoms with Gasteiger partial charge in [0.1, 0.15) is 5.75 Å². The fourth-order valence-electron chi connectivity index (χ4n) is 2.59. The summed E-state index contributed by atoms with van der Waals surface area (Å²) >= 11 is 11.8. The number of carbonyl (C=O) groups excluding carboxylic acids is 1. The van der Waals surface area contributed by atoms with Crippen LogP contribution in [0.5, 0.6) is 5.75 Å². The van der Waals surface area contributed by atoms with Gasteiger partial charge in [0.2, 0.25) is 15.9 Å². The van der Waals surface area contributed by atoms with E-state index in [0.717, 1.165) is 6.26 Å². The first-order valence-electron chi connectivity index (χ1n) is 8.65. The summed E-state index contributed by atoms with van der Waals surface area (Å²) in [6.07, 6.45) is 1.63. The van der Waals surface area contributed by atoms with Gasteiger partial charge in [-0.15, -0.1) is 0 Å². The van der Waals surface area contributed by atoms with Crippen molar-refractivity contribution in [2.45, 2.75) is 19.8 Å². The molecule has 0 fully saturated rings. The molecule has 6 nitrogen and oxygen atoms in total. The zero-order chi connectivity index (χ0) is 20.7. The fraction of sp³-hybridized carbons (Fsp3) is 0.316. The Morgan fingerprint density at radius 2 is 1.71 bits per heavy atom. The Morgan fingerprint density at radius 1 is 1.11 bits per heavy atom. The van der Waals surface area contributed by atoms with Crippen molar-refractivity contribution in [2.24, 2.45) is 0 Å². The molecule has 0 heterocycles. The van der Waals surface area contributed by atoms with Crippen LogP contribution in [0, 0.1) is 0 Å². The summed E-state index contributed by atoms with van der Waals surface area (Å²) in [5, 5.41) is 3.54. The molecule has 9 heteroatoms. The summed E-state index contributed by atoms with van der Waals surface area (Å²) < 4.78 is 30.9. The average Bonchev–Trinajstić information content (AvgIpc) is 2.58. The SMILES string of the molecule is CCOc1ccc(N(CCCC(=O)Nc2cc(Cl)cc(Cl)c2)S(C)(=O)=O)cc1. The molecule has 0 unspecified atom stereocenters. The van der Waals surface area contributed by atoms with Gasteiger partial charge in [0, 0.05) is 28.7 Å². The number of benzene rings is 2. The highest BCUT2D eigenvalue weighted by molar-refractivity contribution is 7.92. The maximum Gasteiger partial charge on any atom is 0.232 e. The summed E-state index contributed by atoms with van der Waals surface area (Å²) in [5.41, 5.74) is 1.02. The number of nitrogens with one attached hydrogen (secondary N) is 1. The molecule has 0 aliphatic rings. The second-order valence-electron chi connectivity index (χ2n) is 6.07. The number of halogens is 2. The van der Waals surface area contributed by atoms with Gasteiger partial charge in [-0.05, 0) is 55.8 Å². The Labute approximate surface area is 175 Å². The Hall–Kier alpha value is -1.96. The molecule has 2 aromatic rings. The Balaban J connectivity index is 1.97. The number of hydrogen-bond acceptors (Lipinski definition) is 4. The molecule has 1 amide bonds. The van der Waals surface area contributed by atoms with E-state index in [4.69, 9.17) is 27.9 Å². The molecule has 0 aliphatic carbocycles. The van der Waals surface area contributed by atoms with Crippen LogP contribution in [0.4, 0.5) is 11.4 Å². The second-order valence-corrected chi connectivity index (χ2v) is 8.85. The molecule has 0 saturated carbocycles. The number of hydrogen-bond donors (Lipinski definition) is 1. The average molecular weight is 445 g/mol. The van der Waals surface area contributed by atoms with Gasteiger partial charge in [-0.25, -0.2) is 8.42 Å². The molecular weight excluding hydrogens is 423 g/mol. The van der Waals surface area contributed by atoms with Crippen LogP contribution >= 0.6 is 23.2 Å². The van der Waals surface area contributed by atoms with Gasteiger partial charge < -0.3 is 10.1 Å². The Morgan fingerprint density at radius 3 is 2.25 bits per heavy atom. The first-order chi connectivity index (χ1) is 13.2. The predicted octanol–water partition coefficient (Wildman–Crippen LogP) is 4.58. The quantitative estimate of drug-likeness (QED) is 0.613. The third-order valence-corrected chi connectivity index (χ3v) is 5.38. The highest BCUT2D eigenvalue weighted by atomic mass is 35.5. The van der Waals surface area contributed by atoms with Crippen LogP contribution in [-0.4, -0.2) is 33.7 Å². The summed E-state index contributed by atoms with van der Waals surface area (Å²) in [6, 6.07) is 11.5. The monoisotopic (exact) mass is 444 g/mol. The number of anilines is 2. The molecule has 0 aromatic heterocycles. The van der Waals surface area contributed by atoms with Crippen molar-refractivity contribution >= 4 is 50.5 Å². The highest BCUT2D eigenvalue weighted by Gasteiger charge is 2.17. The van der Waals surface area contributed by atoms with Crippen molar-refractivity contribution in [1.82, 2.24) is 0 Å². The maximum atomic E-state index is 12.1. The van der Waals surface area contributed by atoms with Gasteiger partial charge in [0.15, 0.2) is 0 Å². The first-order valence-corrected chi connectivity index (χ1v) is 11.3. The summed E-state index contributed by atoms with van der Waals surface area (Å²) in [5.74, 6) is 0.415. The second kappa shape index (κ2) is 10.0. The van der Waals surface area contributed by atoms with E-state index in [0.29, 0.717) is 40.2 Å². The minimum Gasteiger partial charge on any atom is -0.494 e. The van der Waals surface area contributed by atoms with Gasteiger partial charge in [0.25, 0.3) is 0 Å². The van der Waals surface area contributed by atoms with Crippen LogP contribution in [0.3, 0.4) is 0 Å². The van der Waals surface area contributed by atoms with E-state index >= 15 is 0 Å². The van der Waals surface area contributed by atoms with Crippen LogP contribution in [0.25, 0.3) is 0 Å². The van der Waals surface area contributed by atoms with Crippen LogP contribution < -0.4 is 14.4 Å². The number of ether oxygens (including phenoxy) is 1. The molecule has 0 atom stereocenters. The standard InChI is InChI=1S/C19H22Cl2N2O4S/c1-3-27-18-8-6-17(7-9-18)23(28(2,25)26)10-4-5-19(24)22-16-12-14(20)11-15(21)13-16/h6-9,11-13H,3-5,10H2,1-2H3,(H,22,24).